The fraction of sp³-hybridized carbons (Fsp3) is 0.538. The van der Waals surface area contributed by atoms with E-state index in [-0.39, 0.29) is 4.90 Å². The molecule has 0 radical (unpaired) electrons. The first-order valence-electron chi connectivity index (χ1n) is 6.45. The largest absolute Gasteiger partial charge is 0.316 e. The maximum Gasteiger partial charge on any atom is 0.243 e. The highest BCUT2D eigenvalue weighted by molar-refractivity contribution is 7.89. The van der Waals surface area contributed by atoms with Gasteiger partial charge in [-0.1, -0.05) is 6.07 Å². The molecule has 19 heavy (non-hydrogen) atoms. The topological polar surface area (TPSA) is 49.4 Å². The quantitative estimate of drug-likeness (QED) is 0.880. The number of rotatable bonds is 2. The third-order valence-corrected chi connectivity index (χ3v) is 5.96. The number of sulfonamides is 1. The molecular weight excluding hydrogens is 267 g/mol. The molecule has 2 atom stereocenters. The van der Waals surface area contributed by atoms with Crippen molar-refractivity contribution in [1.29, 1.82) is 0 Å². The second-order valence-corrected chi connectivity index (χ2v) is 7.35. The predicted octanol–water partition coefficient (Wildman–Crippen LogP) is 0.974. The standard InChI is InChI=1S/C13H17FN2O2S/c1-9-2-3-12(4-13(9)14)19(17,18)16-7-10-5-15-6-11(10)8-16/h2-4,10-11,15H,5-8H2,1H3. The molecule has 0 saturated carbocycles. The Morgan fingerprint density at radius 2 is 1.89 bits per heavy atom. The van der Waals surface area contributed by atoms with Gasteiger partial charge < -0.3 is 5.32 Å². The van der Waals surface area contributed by atoms with Crippen LogP contribution in [0.25, 0.3) is 0 Å². The monoisotopic (exact) mass is 284 g/mol. The van der Waals surface area contributed by atoms with Crippen LogP contribution in [-0.2, 0) is 10.0 Å². The summed E-state index contributed by atoms with van der Waals surface area (Å²) in [7, 11) is -3.55. The van der Waals surface area contributed by atoms with Crippen LogP contribution in [0, 0.1) is 24.6 Å². The number of benzene rings is 1. The van der Waals surface area contributed by atoms with Crippen LogP contribution in [0.1, 0.15) is 5.56 Å². The molecule has 1 N–H and O–H groups in total. The number of nitrogens with one attached hydrogen (secondary N) is 1. The minimum absolute atomic E-state index is 0.0588. The van der Waals surface area contributed by atoms with Crippen molar-refractivity contribution < 1.29 is 12.8 Å². The second-order valence-electron chi connectivity index (χ2n) is 5.41. The lowest BCUT2D eigenvalue weighted by Gasteiger charge is -2.17. The van der Waals surface area contributed by atoms with E-state index in [2.05, 4.69) is 5.32 Å². The minimum Gasteiger partial charge on any atom is -0.316 e. The van der Waals surface area contributed by atoms with Gasteiger partial charge in [-0.05, 0) is 49.5 Å². The molecule has 2 saturated heterocycles. The molecule has 3 rings (SSSR count). The highest BCUT2D eigenvalue weighted by atomic mass is 32.2. The molecule has 2 aliphatic rings. The van der Waals surface area contributed by atoms with Crippen molar-refractivity contribution in [3.8, 4) is 0 Å². The normalized spacial score (nSPS) is 27.7. The Labute approximate surface area is 112 Å². The Bertz CT molecular complexity index is 591. The van der Waals surface area contributed by atoms with Crippen molar-refractivity contribution in [2.45, 2.75) is 11.8 Å². The Balaban J connectivity index is 1.88. The Morgan fingerprint density at radius 1 is 1.26 bits per heavy atom. The fourth-order valence-electron chi connectivity index (χ4n) is 2.89. The summed E-state index contributed by atoms with van der Waals surface area (Å²) in [5, 5.41) is 3.27. The van der Waals surface area contributed by atoms with Crippen molar-refractivity contribution in [2.75, 3.05) is 26.2 Å². The van der Waals surface area contributed by atoms with Crippen LogP contribution >= 0.6 is 0 Å². The Kier molecular flexibility index (Phi) is 3.11. The van der Waals surface area contributed by atoms with Gasteiger partial charge in [0, 0.05) is 13.1 Å². The smallest absolute Gasteiger partial charge is 0.243 e. The summed E-state index contributed by atoms with van der Waals surface area (Å²) in [5.41, 5.74) is 0.460. The van der Waals surface area contributed by atoms with Crippen LogP contribution in [0.2, 0.25) is 0 Å². The number of nitrogens with zero attached hydrogens (tertiary/aromatic N) is 1. The fourth-order valence-corrected chi connectivity index (χ4v) is 4.46. The average Bonchev–Trinajstić information content (AvgIpc) is 2.93. The van der Waals surface area contributed by atoms with Crippen molar-refractivity contribution in [1.82, 2.24) is 9.62 Å². The van der Waals surface area contributed by atoms with Gasteiger partial charge in [0.25, 0.3) is 0 Å². The maximum atomic E-state index is 13.5. The maximum absolute atomic E-state index is 13.5. The molecule has 2 heterocycles. The molecule has 2 aliphatic heterocycles. The first kappa shape index (κ1) is 13.0. The highest BCUT2D eigenvalue weighted by Gasteiger charge is 2.41. The molecule has 0 aromatic heterocycles. The van der Waals surface area contributed by atoms with Crippen LogP contribution in [-0.4, -0.2) is 38.9 Å². The minimum atomic E-state index is -3.55. The lowest BCUT2D eigenvalue weighted by Crippen LogP contribution is -2.32. The van der Waals surface area contributed by atoms with E-state index in [1.54, 1.807) is 6.92 Å². The third-order valence-electron chi connectivity index (χ3n) is 4.14. The lowest BCUT2D eigenvalue weighted by atomic mass is 10.0. The number of aryl methyl sites for hydroxylation is 1. The molecule has 2 fully saturated rings. The Hall–Kier alpha value is -0.980. The molecule has 0 aliphatic carbocycles. The predicted molar refractivity (Wildman–Crippen MR) is 69.7 cm³/mol. The number of halogens is 1. The molecule has 6 heteroatoms. The van der Waals surface area contributed by atoms with E-state index in [0.717, 1.165) is 19.2 Å². The number of hydrogen-bond acceptors (Lipinski definition) is 3. The Morgan fingerprint density at radius 3 is 2.47 bits per heavy atom. The lowest BCUT2D eigenvalue weighted by molar-refractivity contribution is 0.447. The zero-order valence-electron chi connectivity index (χ0n) is 10.8. The van der Waals surface area contributed by atoms with Crippen molar-refractivity contribution in [3.63, 3.8) is 0 Å². The van der Waals surface area contributed by atoms with Gasteiger partial charge in [-0.2, -0.15) is 4.31 Å². The van der Waals surface area contributed by atoms with Crippen molar-refractivity contribution >= 4 is 10.0 Å². The van der Waals surface area contributed by atoms with Gasteiger partial charge in [0.15, 0.2) is 0 Å². The molecule has 0 amide bonds. The molecule has 1 aromatic carbocycles. The first-order valence-corrected chi connectivity index (χ1v) is 7.89. The van der Waals surface area contributed by atoms with E-state index in [9.17, 15) is 12.8 Å². The molecular formula is C13H17FN2O2S. The van der Waals surface area contributed by atoms with Gasteiger partial charge in [0.2, 0.25) is 10.0 Å². The van der Waals surface area contributed by atoms with E-state index < -0.39 is 15.8 Å². The summed E-state index contributed by atoms with van der Waals surface area (Å²) in [5.74, 6) is 0.317. The van der Waals surface area contributed by atoms with Crippen molar-refractivity contribution in [3.05, 3.63) is 29.6 Å². The summed E-state index contributed by atoms with van der Waals surface area (Å²) >= 11 is 0. The number of hydrogen-bond donors (Lipinski definition) is 1. The van der Waals surface area contributed by atoms with Crippen molar-refractivity contribution in [2.24, 2.45) is 11.8 Å². The SMILES string of the molecule is Cc1ccc(S(=O)(=O)N2CC3CNCC3C2)cc1F. The van der Waals surface area contributed by atoms with Crippen LogP contribution in [0.3, 0.4) is 0 Å². The highest BCUT2D eigenvalue weighted by Crippen LogP contribution is 2.31. The van der Waals surface area contributed by atoms with E-state index in [1.807, 2.05) is 0 Å². The van der Waals surface area contributed by atoms with Gasteiger partial charge in [-0.15, -0.1) is 0 Å². The third kappa shape index (κ3) is 2.17. The summed E-state index contributed by atoms with van der Waals surface area (Å²) in [4.78, 5) is 0.0588. The van der Waals surface area contributed by atoms with Gasteiger partial charge in [0.05, 0.1) is 4.90 Å². The van der Waals surface area contributed by atoms with Crippen LogP contribution in [0.4, 0.5) is 4.39 Å². The molecule has 104 valence electrons. The molecule has 1 aromatic rings. The molecule has 0 spiro atoms. The molecule has 2 unspecified atom stereocenters. The number of fused-ring (bicyclic) bond motifs is 1. The summed E-state index contributed by atoms with van der Waals surface area (Å²) in [6, 6.07) is 4.12. The van der Waals surface area contributed by atoms with Crippen LogP contribution in [0.5, 0.6) is 0 Å². The van der Waals surface area contributed by atoms with Gasteiger partial charge >= 0.3 is 0 Å². The van der Waals surface area contributed by atoms with Gasteiger partial charge in [-0.3, -0.25) is 0 Å². The summed E-state index contributed by atoms with van der Waals surface area (Å²) in [6.07, 6.45) is 0. The van der Waals surface area contributed by atoms with Crippen LogP contribution < -0.4 is 5.32 Å². The van der Waals surface area contributed by atoms with Gasteiger partial charge in [-0.25, -0.2) is 12.8 Å². The zero-order valence-corrected chi connectivity index (χ0v) is 11.6. The van der Waals surface area contributed by atoms with E-state index in [1.165, 1.54) is 16.4 Å². The van der Waals surface area contributed by atoms with E-state index >= 15 is 0 Å². The van der Waals surface area contributed by atoms with E-state index in [4.69, 9.17) is 0 Å². The van der Waals surface area contributed by atoms with Gasteiger partial charge in [0.1, 0.15) is 5.82 Å². The van der Waals surface area contributed by atoms with E-state index in [0.29, 0.717) is 30.5 Å². The zero-order chi connectivity index (χ0) is 13.6. The summed E-state index contributed by atoms with van der Waals surface area (Å²) < 4.78 is 40.0. The summed E-state index contributed by atoms with van der Waals surface area (Å²) in [6.45, 7) is 4.44. The average molecular weight is 284 g/mol. The molecule has 0 bridgehead atoms. The molecule has 4 nitrogen and oxygen atoms in total. The second kappa shape index (κ2) is 4.54. The first-order chi connectivity index (χ1) is 8.98. The van der Waals surface area contributed by atoms with Crippen LogP contribution in [0.15, 0.2) is 23.1 Å².